The number of nitrogens with zero attached hydrogens (tertiary/aromatic N) is 4. The van der Waals surface area contributed by atoms with Crippen molar-refractivity contribution in [1.29, 1.82) is 0 Å². The number of hydrogen-bond donors (Lipinski definition) is 3. The summed E-state index contributed by atoms with van der Waals surface area (Å²) in [6.45, 7) is 30.8. The molecule has 2 aliphatic heterocycles. The first kappa shape index (κ1) is 43.3. The fourth-order valence-electron chi connectivity index (χ4n) is 5.52. The highest BCUT2D eigenvalue weighted by molar-refractivity contribution is 5.85. The number of anilines is 3. The van der Waals surface area contributed by atoms with Crippen molar-refractivity contribution < 1.29 is 4.74 Å². The normalized spacial score (nSPS) is 13.9. The topological polar surface area (TPSA) is 91.6 Å². The van der Waals surface area contributed by atoms with Gasteiger partial charge in [0.25, 0.3) is 0 Å². The smallest absolute Gasteiger partial charge is 0.320 e. The van der Waals surface area contributed by atoms with Crippen molar-refractivity contribution in [3.05, 3.63) is 89.8 Å². The van der Waals surface area contributed by atoms with Crippen LogP contribution >= 0.6 is 0 Å². The van der Waals surface area contributed by atoms with Crippen LogP contribution in [0.5, 0.6) is 6.01 Å². The van der Waals surface area contributed by atoms with Crippen molar-refractivity contribution in [2.75, 3.05) is 49.2 Å². The highest BCUT2D eigenvalue weighted by Crippen LogP contribution is 2.39. The predicted octanol–water partition coefficient (Wildman–Crippen LogP) is 9.93. The SMILES string of the molecule is C=C(C)c1ccc(CC)cc1.C=C1Nc2c(N)nc(OCC)nc2N1Cc1ccc(CN2CCC(CCC)CC2)cc1.CCC(C)C.CCNC. The number of benzene rings is 2. The number of nitrogen functional groups attached to an aromatic ring is 1. The molecule has 51 heavy (non-hydrogen) atoms. The molecule has 8 nitrogen and oxygen atoms in total. The maximum atomic E-state index is 6.09. The maximum absolute atomic E-state index is 6.09. The van der Waals surface area contributed by atoms with Gasteiger partial charge in [-0.05, 0) is 93.9 Å². The second-order valence-corrected chi connectivity index (χ2v) is 13.8. The molecular weight excluding hydrogens is 631 g/mol. The van der Waals surface area contributed by atoms with E-state index in [9.17, 15) is 0 Å². The molecule has 2 aromatic carbocycles. The van der Waals surface area contributed by atoms with Crippen molar-refractivity contribution in [2.45, 2.75) is 107 Å². The molecule has 5 rings (SSSR count). The van der Waals surface area contributed by atoms with Crippen LogP contribution in [0.2, 0.25) is 0 Å². The van der Waals surface area contributed by atoms with E-state index in [0.717, 1.165) is 42.7 Å². The zero-order valence-electron chi connectivity index (χ0n) is 33.4. The summed E-state index contributed by atoms with van der Waals surface area (Å²) >= 11 is 0. The lowest BCUT2D eigenvalue weighted by atomic mass is 9.92. The number of fused-ring (bicyclic) bond motifs is 1. The van der Waals surface area contributed by atoms with Crippen LogP contribution in [0, 0.1) is 11.8 Å². The van der Waals surface area contributed by atoms with Gasteiger partial charge in [0.1, 0.15) is 11.5 Å². The number of aromatic nitrogens is 2. The molecule has 0 radical (unpaired) electrons. The van der Waals surface area contributed by atoms with Crippen molar-refractivity contribution in [3.8, 4) is 6.01 Å². The molecule has 0 amide bonds. The standard InChI is InChI=1S/C24H34N6O.C11H14.C5H12.C3H9N/c1-4-6-18-11-13-29(14-12-18)15-19-7-9-20(10-8-19)16-30-17(3)26-21-22(25)27-24(31-5-2)28-23(21)30;1-4-10-5-7-11(8-6-10)9(2)3;1-4-5(2)3;1-3-4-2/h7-10,18,26H,3-6,11-16H2,1-2H3,(H2,25,27,28);5-8H,2,4H2,1,3H3;5H,4H2,1-3H3;4H,3H2,1-2H3. The molecule has 0 unspecified atom stereocenters. The van der Waals surface area contributed by atoms with Crippen molar-refractivity contribution in [2.24, 2.45) is 11.8 Å². The number of likely N-dealkylation sites (tertiary alicyclic amines) is 1. The van der Waals surface area contributed by atoms with Gasteiger partial charge in [-0.1, -0.05) is 128 Å². The summed E-state index contributed by atoms with van der Waals surface area (Å²) in [5.41, 5.74) is 13.1. The van der Waals surface area contributed by atoms with E-state index in [-0.39, 0.29) is 0 Å². The van der Waals surface area contributed by atoms with Crippen LogP contribution in [-0.4, -0.2) is 48.2 Å². The molecule has 1 aromatic heterocycles. The second-order valence-electron chi connectivity index (χ2n) is 13.8. The molecule has 1 saturated heterocycles. The largest absolute Gasteiger partial charge is 0.464 e. The lowest BCUT2D eigenvalue weighted by molar-refractivity contribution is 0.172. The number of ether oxygens (including phenoxy) is 1. The van der Waals surface area contributed by atoms with Gasteiger partial charge in [-0.15, -0.1) is 0 Å². The van der Waals surface area contributed by atoms with Gasteiger partial charge in [-0.2, -0.15) is 9.97 Å². The van der Waals surface area contributed by atoms with E-state index in [1.165, 1.54) is 67.4 Å². The molecule has 0 saturated carbocycles. The zero-order chi connectivity index (χ0) is 37.8. The van der Waals surface area contributed by atoms with Gasteiger partial charge in [0, 0.05) is 6.54 Å². The minimum atomic E-state index is 0.290. The fraction of sp³-hybridized carbons (Fsp3) is 0.535. The fourth-order valence-corrected chi connectivity index (χ4v) is 5.52. The van der Waals surface area contributed by atoms with Crippen LogP contribution in [-0.2, 0) is 19.5 Å². The number of allylic oxidation sites excluding steroid dienone is 1. The summed E-state index contributed by atoms with van der Waals surface area (Å²) in [5, 5.41) is 6.13. The van der Waals surface area contributed by atoms with Gasteiger partial charge in [0.05, 0.1) is 13.2 Å². The number of aryl methyl sites for hydroxylation is 1. The molecule has 0 atom stereocenters. The minimum Gasteiger partial charge on any atom is -0.464 e. The van der Waals surface area contributed by atoms with E-state index in [1.54, 1.807) is 0 Å². The van der Waals surface area contributed by atoms with Crippen LogP contribution in [0.15, 0.2) is 67.5 Å². The Labute approximate surface area is 311 Å². The molecule has 3 heterocycles. The van der Waals surface area contributed by atoms with Crippen molar-refractivity contribution in [1.82, 2.24) is 20.2 Å². The quantitative estimate of drug-likeness (QED) is 0.172. The molecule has 2 aliphatic rings. The summed E-state index contributed by atoms with van der Waals surface area (Å²) in [5.74, 6) is 3.63. The van der Waals surface area contributed by atoms with E-state index in [1.807, 2.05) is 25.8 Å². The third-order valence-corrected chi connectivity index (χ3v) is 9.22. The summed E-state index contributed by atoms with van der Waals surface area (Å²) in [7, 11) is 1.93. The monoisotopic (exact) mass is 700 g/mol. The molecule has 0 spiro atoms. The van der Waals surface area contributed by atoms with Crippen molar-refractivity contribution in [3.63, 3.8) is 0 Å². The Morgan fingerprint density at radius 3 is 1.96 bits per heavy atom. The molecule has 1 fully saturated rings. The van der Waals surface area contributed by atoms with Gasteiger partial charge in [-0.25, -0.2) is 0 Å². The van der Waals surface area contributed by atoms with E-state index in [2.05, 4.69) is 129 Å². The van der Waals surface area contributed by atoms with Crippen LogP contribution in [0.4, 0.5) is 17.3 Å². The Balaban J connectivity index is 0.000000368. The van der Waals surface area contributed by atoms with Crippen LogP contribution in [0.1, 0.15) is 110 Å². The maximum Gasteiger partial charge on any atom is 0.320 e. The third-order valence-electron chi connectivity index (χ3n) is 9.22. The third kappa shape index (κ3) is 15.1. The van der Waals surface area contributed by atoms with Gasteiger partial charge < -0.3 is 26.0 Å². The molecule has 0 bridgehead atoms. The number of nitrogens with two attached hydrogens (primary N) is 1. The first-order valence-corrected chi connectivity index (χ1v) is 19.2. The van der Waals surface area contributed by atoms with Crippen molar-refractivity contribution >= 4 is 22.9 Å². The lowest BCUT2D eigenvalue weighted by Crippen LogP contribution is -2.33. The Morgan fingerprint density at radius 2 is 1.49 bits per heavy atom. The highest BCUT2D eigenvalue weighted by Gasteiger charge is 2.28. The Hall–Kier alpha value is -3.88. The Morgan fingerprint density at radius 1 is 0.941 bits per heavy atom. The first-order chi connectivity index (χ1) is 24.5. The molecule has 4 N–H and O–H groups in total. The summed E-state index contributed by atoms with van der Waals surface area (Å²) < 4.78 is 5.46. The van der Waals surface area contributed by atoms with E-state index >= 15 is 0 Å². The molecule has 0 aliphatic carbocycles. The molecular formula is C43H69N7O. The van der Waals surface area contributed by atoms with Crippen LogP contribution in [0.3, 0.4) is 0 Å². The highest BCUT2D eigenvalue weighted by atomic mass is 16.5. The minimum absolute atomic E-state index is 0.290. The summed E-state index contributed by atoms with van der Waals surface area (Å²) in [6.07, 6.45) is 7.77. The second kappa shape index (κ2) is 23.6. The lowest BCUT2D eigenvalue weighted by Gasteiger charge is -2.31. The van der Waals surface area contributed by atoms with Crippen LogP contribution in [0.25, 0.3) is 5.57 Å². The average molecular weight is 700 g/mol. The first-order valence-electron chi connectivity index (χ1n) is 19.2. The zero-order valence-corrected chi connectivity index (χ0v) is 33.4. The van der Waals surface area contributed by atoms with Gasteiger partial charge in [0.2, 0.25) is 0 Å². The number of hydrogen-bond acceptors (Lipinski definition) is 8. The Bertz CT molecular complexity index is 1430. The van der Waals surface area contributed by atoms with E-state index in [0.29, 0.717) is 36.5 Å². The summed E-state index contributed by atoms with van der Waals surface area (Å²) in [6, 6.07) is 17.7. The van der Waals surface area contributed by atoms with E-state index < -0.39 is 0 Å². The summed E-state index contributed by atoms with van der Waals surface area (Å²) in [4.78, 5) is 13.3. The van der Waals surface area contributed by atoms with Gasteiger partial charge >= 0.3 is 6.01 Å². The van der Waals surface area contributed by atoms with E-state index in [4.69, 9.17) is 10.5 Å². The number of nitrogens with one attached hydrogen (secondary N) is 2. The molecule has 3 aromatic rings. The molecule has 8 heteroatoms. The van der Waals surface area contributed by atoms with Gasteiger partial charge in [-0.3, -0.25) is 4.90 Å². The average Bonchev–Trinajstić information content (AvgIpc) is 3.45. The number of rotatable bonds is 12. The number of piperidine rings is 1. The molecule has 282 valence electrons. The Kier molecular flexibility index (Phi) is 20.0. The van der Waals surface area contributed by atoms with Gasteiger partial charge in [0.15, 0.2) is 11.6 Å². The van der Waals surface area contributed by atoms with Crippen LogP contribution < -0.4 is 26.0 Å². The predicted molar refractivity (Wildman–Crippen MR) is 221 cm³/mol.